The van der Waals surface area contributed by atoms with E-state index in [9.17, 15) is 9.59 Å². The molecule has 0 spiro atoms. The molecule has 0 aromatic carbocycles. The molecule has 1 saturated carbocycles. The number of nitrogens with zero attached hydrogens (tertiary/aromatic N) is 1. The van der Waals surface area contributed by atoms with E-state index in [2.05, 4.69) is 10.6 Å². The molecule has 2 aliphatic rings. The van der Waals surface area contributed by atoms with E-state index in [4.69, 9.17) is 4.74 Å². The van der Waals surface area contributed by atoms with Gasteiger partial charge in [-0.1, -0.05) is 19.3 Å². The normalized spacial score (nSPS) is 23.1. The first kappa shape index (κ1) is 16.1. The zero-order chi connectivity index (χ0) is 15.1. The van der Waals surface area contributed by atoms with E-state index in [1.807, 2.05) is 0 Å². The van der Waals surface area contributed by atoms with Gasteiger partial charge in [0.1, 0.15) is 6.04 Å². The summed E-state index contributed by atoms with van der Waals surface area (Å²) < 4.78 is 4.92. The van der Waals surface area contributed by atoms with E-state index >= 15 is 0 Å². The lowest BCUT2D eigenvalue weighted by Crippen LogP contribution is -2.52. The fraction of sp³-hybridized carbons (Fsp3) is 0.867. The molecule has 2 fully saturated rings. The van der Waals surface area contributed by atoms with Gasteiger partial charge >= 0.3 is 6.03 Å². The third kappa shape index (κ3) is 4.59. The average molecular weight is 297 g/mol. The Balaban J connectivity index is 1.82. The van der Waals surface area contributed by atoms with Crippen LogP contribution in [-0.4, -0.2) is 55.7 Å². The van der Waals surface area contributed by atoms with Crippen LogP contribution in [0.2, 0.25) is 0 Å². The quantitative estimate of drug-likeness (QED) is 0.750. The Morgan fingerprint density at radius 2 is 1.90 bits per heavy atom. The first-order valence-electron chi connectivity index (χ1n) is 8.06. The van der Waals surface area contributed by atoms with Gasteiger partial charge in [-0.05, 0) is 25.7 Å². The Labute approximate surface area is 126 Å². The van der Waals surface area contributed by atoms with E-state index in [1.165, 1.54) is 19.3 Å². The van der Waals surface area contributed by atoms with Gasteiger partial charge in [-0.25, -0.2) is 4.79 Å². The van der Waals surface area contributed by atoms with Crippen LogP contribution in [-0.2, 0) is 9.53 Å². The fourth-order valence-electron chi connectivity index (χ4n) is 3.19. The Hall–Kier alpha value is -1.30. The summed E-state index contributed by atoms with van der Waals surface area (Å²) in [5.41, 5.74) is 0. The van der Waals surface area contributed by atoms with E-state index < -0.39 is 0 Å². The number of hydrogen-bond donors (Lipinski definition) is 2. The van der Waals surface area contributed by atoms with Crippen LogP contribution in [0.15, 0.2) is 0 Å². The molecule has 3 amide bonds. The molecule has 1 saturated heterocycles. The number of hydrogen-bond acceptors (Lipinski definition) is 3. The average Bonchev–Trinajstić information content (AvgIpc) is 2.98. The lowest BCUT2D eigenvalue weighted by atomic mass is 9.95. The summed E-state index contributed by atoms with van der Waals surface area (Å²) in [7, 11) is 1.60. The molecule has 0 aromatic rings. The standard InChI is InChI=1S/C15H27N3O3/c1-21-11-9-16-15(20)18-10-5-8-13(18)14(19)17-12-6-3-2-4-7-12/h12-13H,2-11H2,1H3,(H,16,20)(H,17,19)/t13-/m0/s1. The maximum Gasteiger partial charge on any atom is 0.318 e. The van der Waals surface area contributed by atoms with Gasteiger partial charge in [0.15, 0.2) is 0 Å². The van der Waals surface area contributed by atoms with Crippen molar-refractivity contribution in [2.75, 3.05) is 26.8 Å². The number of carbonyl (C=O) groups is 2. The second-order valence-electron chi connectivity index (χ2n) is 5.92. The third-order valence-corrected chi connectivity index (χ3v) is 4.35. The smallest absolute Gasteiger partial charge is 0.318 e. The Morgan fingerprint density at radius 1 is 1.14 bits per heavy atom. The summed E-state index contributed by atoms with van der Waals surface area (Å²) in [5.74, 6) is 0.0151. The van der Waals surface area contributed by atoms with Gasteiger partial charge in [0.2, 0.25) is 5.91 Å². The number of methoxy groups -OCH3 is 1. The van der Waals surface area contributed by atoms with Crippen molar-refractivity contribution in [3.8, 4) is 0 Å². The first-order chi connectivity index (χ1) is 10.2. The molecule has 1 aliphatic heterocycles. The summed E-state index contributed by atoms with van der Waals surface area (Å²) in [6.45, 7) is 1.61. The number of rotatable bonds is 5. The molecule has 0 aromatic heterocycles. The predicted molar refractivity (Wildman–Crippen MR) is 80.0 cm³/mol. The van der Waals surface area contributed by atoms with Crippen molar-refractivity contribution in [1.29, 1.82) is 0 Å². The SMILES string of the molecule is COCCNC(=O)N1CCC[C@H]1C(=O)NC1CCCCC1. The van der Waals surface area contributed by atoms with Gasteiger partial charge in [-0.2, -0.15) is 0 Å². The Kier molecular flexibility index (Phi) is 6.29. The van der Waals surface area contributed by atoms with Crippen molar-refractivity contribution >= 4 is 11.9 Å². The van der Waals surface area contributed by atoms with Crippen LogP contribution < -0.4 is 10.6 Å². The van der Waals surface area contributed by atoms with Gasteiger partial charge in [-0.15, -0.1) is 0 Å². The minimum atomic E-state index is -0.311. The summed E-state index contributed by atoms with van der Waals surface area (Å²) >= 11 is 0. The highest BCUT2D eigenvalue weighted by Crippen LogP contribution is 2.20. The first-order valence-corrected chi connectivity index (χ1v) is 8.06. The molecule has 0 unspecified atom stereocenters. The molecule has 0 radical (unpaired) electrons. The molecule has 6 nitrogen and oxygen atoms in total. The molecule has 1 atom stereocenters. The third-order valence-electron chi connectivity index (χ3n) is 4.35. The molecule has 21 heavy (non-hydrogen) atoms. The van der Waals surface area contributed by atoms with Gasteiger partial charge in [-0.3, -0.25) is 4.79 Å². The van der Waals surface area contributed by atoms with Gasteiger partial charge in [0.25, 0.3) is 0 Å². The minimum Gasteiger partial charge on any atom is -0.383 e. The van der Waals surface area contributed by atoms with Crippen LogP contribution in [0.4, 0.5) is 4.79 Å². The monoisotopic (exact) mass is 297 g/mol. The van der Waals surface area contributed by atoms with E-state index in [0.717, 1.165) is 25.7 Å². The van der Waals surface area contributed by atoms with Crippen molar-refractivity contribution < 1.29 is 14.3 Å². The molecule has 1 aliphatic carbocycles. The summed E-state index contributed by atoms with van der Waals surface area (Å²) in [6.07, 6.45) is 7.44. The molecule has 2 N–H and O–H groups in total. The Morgan fingerprint density at radius 3 is 2.62 bits per heavy atom. The number of urea groups is 1. The summed E-state index contributed by atoms with van der Waals surface area (Å²) in [5, 5.41) is 5.92. The molecule has 1 heterocycles. The molecule has 0 bridgehead atoms. The zero-order valence-electron chi connectivity index (χ0n) is 12.9. The second kappa shape index (κ2) is 8.22. The highest BCUT2D eigenvalue weighted by Gasteiger charge is 2.34. The molecule has 120 valence electrons. The summed E-state index contributed by atoms with van der Waals surface area (Å²) in [4.78, 5) is 26.2. The van der Waals surface area contributed by atoms with E-state index in [0.29, 0.717) is 25.7 Å². The maximum absolute atomic E-state index is 12.4. The highest BCUT2D eigenvalue weighted by molar-refractivity contribution is 5.87. The second-order valence-corrected chi connectivity index (χ2v) is 5.92. The van der Waals surface area contributed by atoms with Crippen LogP contribution in [0.3, 0.4) is 0 Å². The predicted octanol–water partition coefficient (Wildman–Crippen LogP) is 1.26. The van der Waals surface area contributed by atoms with Crippen molar-refractivity contribution in [3.05, 3.63) is 0 Å². The van der Waals surface area contributed by atoms with Crippen LogP contribution in [0.25, 0.3) is 0 Å². The van der Waals surface area contributed by atoms with Gasteiger partial charge < -0.3 is 20.3 Å². The highest BCUT2D eigenvalue weighted by atomic mass is 16.5. The number of nitrogens with one attached hydrogen (secondary N) is 2. The molecular weight excluding hydrogens is 270 g/mol. The van der Waals surface area contributed by atoms with Crippen molar-refractivity contribution in [3.63, 3.8) is 0 Å². The van der Waals surface area contributed by atoms with Gasteiger partial charge in [0, 0.05) is 26.2 Å². The van der Waals surface area contributed by atoms with E-state index in [-0.39, 0.29) is 18.0 Å². The topological polar surface area (TPSA) is 70.7 Å². The number of carbonyl (C=O) groups excluding carboxylic acids is 2. The molecule has 2 rings (SSSR count). The minimum absolute atomic E-state index is 0.0151. The molecular formula is C15H27N3O3. The molecule has 6 heteroatoms. The maximum atomic E-state index is 12.4. The van der Waals surface area contributed by atoms with Crippen LogP contribution in [0.1, 0.15) is 44.9 Å². The lowest BCUT2D eigenvalue weighted by Gasteiger charge is -2.28. The number of amides is 3. The van der Waals surface area contributed by atoms with Crippen LogP contribution >= 0.6 is 0 Å². The van der Waals surface area contributed by atoms with Crippen molar-refractivity contribution in [1.82, 2.24) is 15.5 Å². The van der Waals surface area contributed by atoms with Crippen LogP contribution in [0, 0.1) is 0 Å². The Bertz CT molecular complexity index is 356. The van der Waals surface area contributed by atoms with Crippen LogP contribution in [0.5, 0.6) is 0 Å². The van der Waals surface area contributed by atoms with E-state index in [1.54, 1.807) is 12.0 Å². The van der Waals surface area contributed by atoms with Gasteiger partial charge in [0.05, 0.1) is 6.61 Å². The fourth-order valence-corrected chi connectivity index (χ4v) is 3.19. The van der Waals surface area contributed by atoms with Crippen molar-refractivity contribution in [2.24, 2.45) is 0 Å². The number of ether oxygens (including phenoxy) is 1. The largest absolute Gasteiger partial charge is 0.383 e. The lowest BCUT2D eigenvalue weighted by molar-refractivity contribution is -0.125. The zero-order valence-corrected chi connectivity index (χ0v) is 12.9. The van der Waals surface area contributed by atoms with Crippen molar-refractivity contribution in [2.45, 2.75) is 57.0 Å². The summed E-state index contributed by atoms with van der Waals surface area (Å²) in [6, 6.07) is -0.173. The number of likely N-dealkylation sites (tertiary alicyclic amines) is 1.